The van der Waals surface area contributed by atoms with Crippen molar-refractivity contribution in [2.75, 3.05) is 11.5 Å². The van der Waals surface area contributed by atoms with Crippen molar-refractivity contribution in [3.8, 4) is 0 Å². The zero-order chi connectivity index (χ0) is 11.3. The Balaban J connectivity index is 2.11. The van der Waals surface area contributed by atoms with Crippen LogP contribution in [0.4, 0.5) is 0 Å². The van der Waals surface area contributed by atoms with Crippen LogP contribution < -0.4 is 5.69 Å². The lowest BCUT2D eigenvalue weighted by atomic mass is 10.3. The predicted octanol–water partition coefficient (Wildman–Crippen LogP) is 1.03. The summed E-state index contributed by atoms with van der Waals surface area (Å²) >= 11 is 0. The average Bonchev–Trinajstić information content (AvgIpc) is 2.50. The van der Waals surface area contributed by atoms with Gasteiger partial charge >= 0.3 is 5.69 Å². The molecule has 0 saturated carbocycles. The third kappa shape index (κ3) is 1.36. The van der Waals surface area contributed by atoms with E-state index in [1.807, 2.05) is 0 Å². The van der Waals surface area contributed by atoms with Crippen molar-refractivity contribution in [1.82, 2.24) is 14.5 Å². The summed E-state index contributed by atoms with van der Waals surface area (Å²) < 4.78 is 20.3. The van der Waals surface area contributed by atoms with Gasteiger partial charge in [0.15, 0.2) is 0 Å². The topological polar surface area (TPSA) is 91.1 Å². The maximum Gasteiger partial charge on any atom is 0.326 e. The van der Waals surface area contributed by atoms with E-state index < -0.39 is 10.6 Å². The first-order valence-electron chi connectivity index (χ1n) is 4.85. The molecule has 0 amide bonds. The second kappa shape index (κ2) is 3.09. The van der Waals surface area contributed by atoms with Crippen LogP contribution in [0.15, 0.2) is 23.3 Å². The van der Waals surface area contributed by atoms with Crippen molar-refractivity contribution in [3.05, 3.63) is 28.9 Å². The molecule has 0 aliphatic carbocycles. The van der Waals surface area contributed by atoms with E-state index in [0.29, 0.717) is 5.52 Å². The minimum Gasteiger partial charge on any atom is -0.304 e. The molecule has 0 atom stereocenters. The highest BCUT2D eigenvalue weighted by Gasteiger charge is 2.36. The highest BCUT2D eigenvalue weighted by Crippen LogP contribution is 2.53. The monoisotopic (exact) mass is 241 g/mol. The van der Waals surface area contributed by atoms with Gasteiger partial charge < -0.3 is 4.98 Å². The van der Waals surface area contributed by atoms with Gasteiger partial charge in [-0.15, -0.1) is 0 Å². The molecule has 3 heterocycles. The van der Waals surface area contributed by atoms with Crippen molar-refractivity contribution >= 4 is 21.6 Å². The van der Waals surface area contributed by atoms with Gasteiger partial charge in [0.05, 0.1) is 34.8 Å². The van der Waals surface area contributed by atoms with Gasteiger partial charge in [0.2, 0.25) is 0 Å². The maximum absolute atomic E-state index is 11.7. The minimum absolute atomic E-state index is 0.117. The van der Waals surface area contributed by atoms with Crippen LogP contribution in [0.5, 0.6) is 0 Å². The van der Waals surface area contributed by atoms with Gasteiger partial charge in [-0.05, 0) is 6.07 Å². The van der Waals surface area contributed by atoms with Crippen molar-refractivity contribution in [3.63, 3.8) is 0 Å². The fourth-order valence-corrected chi connectivity index (χ4v) is 3.49. The first-order valence-corrected chi connectivity index (χ1v) is 6.73. The third-order valence-electron chi connectivity index (χ3n) is 2.80. The highest BCUT2D eigenvalue weighted by molar-refractivity contribution is 8.25. The SMILES string of the molecule is O=c1[nH]c2cnccc2n1C1CS(O)(O)C1. The minimum atomic E-state index is -2.43. The smallest absolute Gasteiger partial charge is 0.304 e. The molecule has 0 radical (unpaired) electrons. The summed E-state index contributed by atoms with van der Waals surface area (Å²) in [5, 5.41) is 0. The molecular weight excluding hydrogens is 230 g/mol. The van der Waals surface area contributed by atoms with E-state index in [1.54, 1.807) is 23.0 Å². The number of hydrogen-bond acceptors (Lipinski definition) is 4. The van der Waals surface area contributed by atoms with Crippen LogP contribution in [0, 0.1) is 0 Å². The van der Waals surface area contributed by atoms with Crippen LogP contribution in [-0.2, 0) is 0 Å². The Morgan fingerprint density at radius 3 is 2.94 bits per heavy atom. The number of nitrogens with zero attached hydrogens (tertiary/aromatic N) is 2. The van der Waals surface area contributed by atoms with E-state index in [2.05, 4.69) is 9.97 Å². The molecule has 6 nitrogen and oxygen atoms in total. The fourth-order valence-electron chi connectivity index (χ4n) is 2.06. The van der Waals surface area contributed by atoms with Crippen LogP contribution in [0.2, 0.25) is 0 Å². The standard InChI is InChI=1S/C9H11N3O3S/c13-9-11-7-3-10-2-1-8(7)12(9)6-4-16(14,15)5-6/h1-3,6,14-15H,4-5H2,(H,11,13). The van der Waals surface area contributed by atoms with Gasteiger partial charge in [0, 0.05) is 6.20 Å². The molecule has 3 N–H and O–H groups in total. The maximum atomic E-state index is 11.7. The second-order valence-corrected chi connectivity index (χ2v) is 6.25. The molecule has 3 rings (SSSR count). The lowest BCUT2D eigenvalue weighted by Gasteiger charge is -2.47. The van der Waals surface area contributed by atoms with E-state index in [9.17, 15) is 13.9 Å². The third-order valence-corrected chi connectivity index (χ3v) is 4.64. The molecule has 0 unspecified atom stereocenters. The van der Waals surface area contributed by atoms with E-state index in [0.717, 1.165) is 5.52 Å². The molecule has 1 aliphatic rings. The number of nitrogens with one attached hydrogen (secondary N) is 1. The Morgan fingerprint density at radius 2 is 2.25 bits per heavy atom. The Morgan fingerprint density at radius 1 is 1.50 bits per heavy atom. The van der Waals surface area contributed by atoms with Gasteiger partial charge in [0.25, 0.3) is 0 Å². The first-order chi connectivity index (χ1) is 7.57. The van der Waals surface area contributed by atoms with Gasteiger partial charge in [-0.3, -0.25) is 18.7 Å². The number of imidazole rings is 1. The van der Waals surface area contributed by atoms with E-state index >= 15 is 0 Å². The summed E-state index contributed by atoms with van der Waals surface area (Å²) in [7, 11) is -2.43. The van der Waals surface area contributed by atoms with Gasteiger partial charge in [-0.25, -0.2) is 4.79 Å². The zero-order valence-electron chi connectivity index (χ0n) is 8.33. The molecule has 1 saturated heterocycles. The number of hydrogen-bond donors (Lipinski definition) is 3. The number of aromatic amines is 1. The van der Waals surface area contributed by atoms with Crippen LogP contribution >= 0.6 is 10.6 Å². The van der Waals surface area contributed by atoms with Crippen LogP contribution in [0.3, 0.4) is 0 Å². The first kappa shape index (κ1) is 9.88. The van der Waals surface area contributed by atoms with E-state index in [1.165, 1.54) is 0 Å². The molecular formula is C9H11N3O3S. The molecule has 2 aromatic rings. The van der Waals surface area contributed by atoms with Crippen molar-refractivity contribution in [2.24, 2.45) is 0 Å². The number of aromatic nitrogens is 3. The Kier molecular flexibility index (Phi) is 1.91. The van der Waals surface area contributed by atoms with Crippen molar-refractivity contribution < 1.29 is 9.11 Å². The number of fused-ring (bicyclic) bond motifs is 1. The summed E-state index contributed by atoms with van der Waals surface area (Å²) in [6.07, 6.45) is 3.20. The summed E-state index contributed by atoms with van der Waals surface area (Å²) in [6, 6.07) is 1.63. The number of rotatable bonds is 1. The molecule has 2 aromatic heterocycles. The normalized spacial score (nSPS) is 21.9. The molecule has 0 bridgehead atoms. The number of H-pyrrole nitrogens is 1. The number of pyridine rings is 1. The Labute approximate surface area is 92.3 Å². The molecule has 7 heteroatoms. The van der Waals surface area contributed by atoms with E-state index in [-0.39, 0.29) is 23.2 Å². The molecule has 1 fully saturated rings. The molecule has 86 valence electrons. The second-order valence-electron chi connectivity index (χ2n) is 3.98. The van der Waals surface area contributed by atoms with Crippen LogP contribution in [-0.4, -0.2) is 35.1 Å². The summed E-state index contributed by atoms with van der Waals surface area (Å²) in [5.41, 5.74) is 1.22. The Hall–Kier alpha value is -1.31. The lowest BCUT2D eigenvalue weighted by molar-refractivity contribution is 0.421. The van der Waals surface area contributed by atoms with Gasteiger partial charge in [-0.1, -0.05) is 0 Å². The average molecular weight is 241 g/mol. The van der Waals surface area contributed by atoms with Gasteiger partial charge in [-0.2, -0.15) is 10.6 Å². The fraction of sp³-hybridized carbons (Fsp3) is 0.333. The summed E-state index contributed by atoms with van der Waals surface area (Å²) in [6.45, 7) is 0. The van der Waals surface area contributed by atoms with Crippen molar-refractivity contribution in [2.45, 2.75) is 6.04 Å². The summed E-state index contributed by atoms with van der Waals surface area (Å²) in [5.74, 6) is 0.532. The van der Waals surface area contributed by atoms with Crippen molar-refractivity contribution in [1.29, 1.82) is 0 Å². The Bertz CT molecular complexity index is 595. The van der Waals surface area contributed by atoms with Crippen LogP contribution in [0.1, 0.15) is 6.04 Å². The van der Waals surface area contributed by atoms with E-state index in [4.69, 9.17) is 0 Å². The van der Waals surface area contributed by atoms with Crippen LogP contribution in [0.25, 0.3) is 11.0 Å². The predicted molar refractivity (Wildman–Crippen MR) is 62.0 cm³/mol. The zero-order valence-corrected chi connectivity index (χ0v) is 9.15. The summed E-state index contributed by atoms with van der Waals surface area (Å²) in [4.78, 5) is 18.3. The largest absolute Gasteiger partial charge is 0.326 e. The molecule has 0 aromatic carbocycles. The lowest BCUT2D eigenvalue weighted by Crippen LogP contribution is -2.39. The quantitative estimate of drug-likeness (QED) is 0.695. The van der Waals surface area contributed by atoms with Gasteiger partial charge in [0.1, 0.15) is 0 Å². The highest BCUT2D eigenvalue weighted by atomic mass is 32.3. The molecule has 1 aliphatic heterocycles. The molecule has 0 spiro atoms. The molecule has 16 heavy (non-hydrogen) atoms.